The highest BCUT2D eigenvalue weighted by molar-refractivity contribution is 5.94. The SMILES string of the molecule is COc1cc(C)c(NC(=O)COc2cccc(NC(=O)C3CC3)c2)cc1OC. The Hall–Kier alpha value is -3.22. The number of rotatable bonds is 8. The summed E-state index contributed by atoms with van der Waals surface area (Å²) in [6, 6.07) is 10.5. The third-order valence-corrected chi connectivity index (χ3v) is 4.42. The Kier molecular flexibility index (Phi) is 6.03. The molecule has 0 aromatic heterocycles. The maximum atomic E-state index is 12.3. The lowest BCUT2D eigenvalue weighted by Crippen LogP contribution is -2.21. The third-order valence-electron chi connectivity index (χ3n) is 4.42. The molecule has 28 heavy (non-hydrogen) atoms. The minimum Gasteiger partial charge on any atom is -0.493 e. The number of benzene rings is 2. The summed E-state index contributed by atoms with van der Waals surface area (Å²) in [6.45, 7) is 1.71. The van der Waals surface area contributed by atoms with Crippen molar-refractivity contribution < 1.29 is 23.8 Å². The Balaban J connectivity index is 1.58. The average molecular weight is 384 g/mol. The molecule has 1 saturated carbocycles. The standard InChI is InChI=1S/C21H24N2O5/c1-13-9-18(26-2)19(27-3)11-17(13)23-20(24)12-28-16-6-4-5-15(10-16)22-21(25)14-7-8-14/h4-6,9-11,14H,7-8,12H2,1-3H3,(H,22,25)(H,23,24). The minimum absolute atomic E-state index is 0.0267. The average Bonchev–Trinajstić information content (AvgIpc) is 3.53. The second kappa shape index (κ2) is 8.65. The van der Waals surface area contributed by atoms with Gasteiger partial charge in [-0.05, 0) is 43.5 Å². The largest absolute Gasteiger partial charge is 0.493 e. The number of hydrogen-bond donors (Lipinski definition) is 2. The van der Waals surface area contributed by atoms with Gasteiger partial charge in [-0.1, -0.05) is 6.07 Å². The molecule has 148 valence electrons. The lowest BCUT2D eigenvalue weighted by molar-refractivity contribution is -0.118. The van der Waals surface area contributed by atoms with E-state index in [1.54, 1.807) is 43.5 Å². The van der Waals surface area contributed by atoms with Gasteiger partial charge in [-0.15, -0.1) is 0 Å². The second-order valence-electron chi connectivity index (χ2n) is 6.65. The first kappa shape index (κ1) is 19.5. The third kappa shape index (κ3) is 4.94. The molecule has 1 aliphatic carbocycles. The molecule has 0 heterocycles. The van der Waals surface area contributed by atoms with Crippen molar-refractivity contribution in [3.05, 3.63) is 42.0 Å². The summed E-state index contributed by atoms with van der Waals surface area (Å²) in [5.41, 5.74) is 2.12. The summed E-state index contributed by atoms with van der Waals surface area (Å²) in [6.07, 6.45) is 1.88. The van der Waals surface area contributed by atoms with E-state index in [-0.39, 0.29) is 24.3 Å². The Morgan fingerprint density at radius 3 is 2.43 bits per heavy atom. The fourth-order valence-electron chi connectivity index (χ4n) is 2.70. The molecule has 0 atom stereocenters. The number of aryl methyl sites for hydroxylation is 1. The summed E-state index contributed by atoms with van der Waals surface area (Å²) in [4.78, 5) is 24.1. The topological polar surface area (TPSA) is 85.9 Å². The van der Waals surface area contributed by atoms with Crippen LogP contribution in [0, 0.1) is 12.8 Å². The fourth-order valence-corrected chi connectivity index (χ4v) is 2.70. The Labute approximate surface area is 164 Å². The van der Waals surface area contributed by atoms with Crippen molar-refractivity contribution in [1.29, 1.82) is 0 Å². The van der Waals surface area contributed by atoms with Crippen molar-refractivity contribution in [2.75, 3.05) is 31.5 Å². The molecule has 2 aromatic rings. The first-order valence-corrected chi connectivity index (χ1v) is 9.06. The van der Waals surface area contributed by atoms with Gasteiger partial charge >= 0.3 is 0 Å². The molecule has 0 saturated heterocycles. The van der Waals surface area contributed by atoms with Gasteiger partial charge in [-0.2, -0.15) is 0 Å². The van der Waals surface area contributed by atoms with E-state index in [0.717, 1.165) is 18.4 Å². The van der Waals surface area contributed by atoms with Crippen LogP contribution >= 0.6 is 0 Å². The molecule has 0 spiro atoms. The van der Waals surface area contributed by atoms with Crippen molar-refractivity contribution in [3.63, 3.8) is 0 Å². The predicted octanol–water partition coefficient (Wildman–Crippen LogP) is 3.38. The normalized spacial score (nSPS) is 12.8. The highest BCUT2D eigenvalue weighted by Gasteiger charge is 2.29. The van der Waals surface area contributed by atoms with E-state index in [1.165, 1.54) is 7.11 Å². The molecule has 1 aliphatic rings. The number of carbonyl (C=O) groups excluding carboxylic acids is 2. The second-order valence-corrected chi connectivity index (χ2v) is 6.65. The lowest BCUT2D eigenvalue weighted by atomic mass is 10.1. The Morgan fingerprint density at radius 2 is 1.75 bits per heavy atom. The number of ether oxygens (including phenoxy) is 3. The van der Waals surface area contributed by atoms with E-state index in [2.05, 4.69) is 10.6 Å². The molecule has 2 amide bonds. The van der Waals surface area contributed by atoms with Crippen LogP contribution in [0.25, 0.3) is 0 Å². The van der Waals surface area contributed by atoms with Gasteiger partial charge in [0.05, 0.1) is 14.2 Å². The lowest BCUT2D eigenvalue weighted by Gasteiger charge is -2.14. The maximum Gasteiger partial charge on any atom is 0.262 e. The summed E-state index contributed by atoms with van der Waals surface area (Å²) in [7, 11) is 3.10. The molecular weight excluding hydrogens is 360 g/mol. The van der Waals surface area contributed by atoms with Gasteiger partial charge in [-0.25, -0.2) is 0 Å². The zero-order valence-electron chi connectivity index (χ0n) is 16.2. The Morgan fingerprint density at radius 1 is 1.04 bits per heavy atom. The number of anilines is 2. The van der Waals surface area contributed by atoms with Gasteiger partial charge < -0.3 is 24.8 Å². The molecule has 1 fully saturated rings. The summed E-state index contributed by atoms with van der Waals surface area (Å²) in [5.74, 6) is 1.48. The van der Waals surface area contributed by atoms with Gasteiger partial charge in [0.1, 0.15) is 5.75 Å². The van der Waals surface area contributed by atoms with E-state index >= 15 is 0 Å². The highest BCUT2D eigenvalue weighted by atomic mass is 16.5. The number of methoxy groups -OCH3 is 2. The molecular formula is C21H24N2O5. The molecule has 0 radical (unpaired) electrons. The highest BCUT2D eigenvalue weighted by Crippen LogP contribution is 2.33. The Bertz CT molecular complexity index is 877. The minimum atomic E-state index is -0.303. The number of carbonyl (C=O) groups is 2. The summed E-state index contributed by atoms with van der Waals surface area (Å²) in [5, 5.41) is 5.66. The van der Waals surface area contributed by atoms with Crippen LogP contribution in [-0.2, 0) is 9.59 Å². The zero-order chi connectivity index (χ0) is 20.1. The first-order chi connectivity index (χ1) is 13.5. The first-order valence-electron chi connectivity index (χ1n) is 9.06. The zero-order valence-corrected chi connectivity index (χ0v) is 16.2. The van der Waals surface area contributed by atoms with Crippen LogP contribution in [0.15, 0.2) is 36.4 Å². The molecule has 2 N–H and O–H groups in total. The van der Waals surface area contributed by atoms with Crippen LogP contribution in [0.5, 0.6) is 17.2 Å². The molecule has 0 bridgehead atoms. The number of amides is 2. The van der Waals surface area contributed by atoms with Crippen molar-refractivity contribution in [3.8, 4) is 17.2 Å². The van der Waals surface area contributed by atoms with Gasteiger partial charge in [-0.3, -0.25) is 9.59 Å². The number of nitrogens with one attached hydrogen (secondary N) is 2. The summed E-state index contributed by atoms with van der Waals surface area (Å²) < 4.78 is 16.1. The maximum absolute atomic E-state index is 12.3. The van der Waals surface area contributed by atoms with Crippen LogP contribution < -0.4 is 24.8 Å². The van der Waals surface area contributed by atoms with Crippen molar-refractivity contribution in [2.45, 2.75) is 19.8 Å². The van der Waals surface area contributed by atoms with Gasteiger partial charge in [0.25, 0.3) is 5.91 Å². The van der Waals surface area contributed by atoms with Crippen LogP contribution in [0.3, 0.4) is 0 Å². The molecule has 7 nitrogen and oxygen atoms in total. The molecule has 0 unspecified atom stereocenters. The van der Waals surface area contributed by atoms with Crippen LogP contribution in [0.1, 0.15) is 18.4 Å². The van der Waals surface area contributed by atoms with Crippen molar-refractivity contribution in [1.82, 2.24) is 0 Å². The predicted molar refractivity (Wildman–Crippen MR) is 106 cm³/mol. The van der Waals surface area contributed by atoms with E-state index in [9.17, 15) is 9.59 Å². The van der Waals surface area contributed by atoms with Crippen LogP contribution in [0.2, 0.25) is 0 Å². The summed E-state index contributed by atoms with van der Waals surface area (Å²) >= 11 is 0. The molecule has 2 aromatic carbocycles. The number of hydrogen-bond acceptors (Lipinski definition) is 5. The molecule has 7 heteroatoms. The van der Waals surface area contributed by atoms with Gasteiger partial charge in [0.15, 0.2) is 18.1 Å². The van der Waals surface area contributed by atoms with Gasteiger partial charge in [0, 0.05) is 29.4 Å². The van der Waals surface area contributed by atoms with E-state index < -0.39 is 0 Å². The smallest absolute Gasteiger partial charge is 0.262 e. The monoisotopic (exact) mass is 384 g/mol. The molecule has 0 aliphatic heterocycles. The van der Waals surface area contributed by atoms with Crippen molar-refractivity contribution >= 4 is 23.2 Å². The fraction of sp³-hybridized carbons (Fsp3) is 0.333. The van der Waals surface area contributed by atoms with Crippen LogP contribution in [-0.4, -0.2) is 32.6 Å². The van der Waals surface area contributed by atoms with Gasteiger partial charge in [0.2, 0.25) is 5.91 Å². The van der Waals surface area contributed by atoms with Crippen LogP contribution in [0.4, 0.5) is 11.4 Å². The quantitative estimate of drug-likeness (QED) is 0.729. The molecule has 3 rings (SSSR count). The van der Waals surface area contributed by atoms with E-state index in [4.69, 9.17) is 14.2 Å². The van der Waals surface area contributed by atoms with Crippen molar-refractivity contribution in [2.24, 2.45) is 5.92 Å². The van der Waals surface area contributed by atoms with E-state index in [0.29, 0.717) is 28.6 Å². The van der Waals surface area contributed by atoms with E-state index in [1.807, 2.05) is 6.92 Å².